The summed E-state index contributed by atoms with van der Waals surface area (Å²) in [5.41, 5.74) is 0. The van der Waals surface area contributed by atoms with Gasteiger partial charge in [0.1, 0.15) is 9.84 Å². The molecule has 114 valence electrons. The molecule has 1 amide bonds. The molecule has 1 aliphatic heterocycles. The molecule has 3 rings (SSSR count). The maximum atomic E-state index is 12.2. The van der Waals surface area contributed by atoms with Crippen molar-refractivity contribution in [3.63, 3.8) is 0 Å². The molecule has 0 aromatic heterocycles. The van der Waals surface area contributed by atoms with E-state index < -0.39 is 9.84 Å². The summed E-state index contributed by atoms with van der Waals surface area (Å²) in [7, 11) is -3.07. The molecular weight excluding hydrogens is 278 g/mol. The van der Waals surface area contributed by atoms with Crippen LogP contribution in [0.1, 0.15) is 32.1 Å². The molecule has 1 saturated heterocycles. The lowest BCUT2D eigenvalue weighted by atomic mass is 10.1. The number of nitrogens with zero attached hydrogens (tertiary/aromatic N) is 1. The molecule has 1 heterocycles. The molecule has 5 nitrogen and oxygen atoms in total. The number of carbonyl (C=O) groups excluding carboxylic acids is 1. The average Bonchev–Trinajstić information content (AvgIpc) is 3.06. The Kier molecular flexibility index (Phi) is 3.79. The highest BCUT2D eigenvalue weighted by atomic mass is 32.2. The van der Waals surface area contributed by atoms with Crippen molar-refractivity contribution in [1.82, 2.24) is 4.90 Å². The molecule has 2 aliphatic carbocycles. The monoisotopic (exact) mass is 301 g/mol. The Balaban J connectivity index is 1.54. The molecule has 0 aromatic carbocycles. The third-order valence-electron chi connectivity index (χ3n) is 4.74. The number of rotatable bonds is 6. The van der Waals surface area contributed by atoms with Gasteiger partial charge in [0.05, 0.1) is 17.9 Å². The molecule has 3 fully saturated rings. The van der Waals surface area contributed by atoms with Crippen LogP contribution in [0.5, 0.6) is 0 Å². The van der Waals surface area contributed by atoms with Gasteiger partial charge in [0, 0.05) is 31.7 Å². The van der Waals surface area contributed by atoms with Gasteiger partial charge in [-0.1, -0.05) is 0 Å². The first-order valence-corrected chi connectivity index (χ1v) is 9.59. The lowest BCUT2D eigenvalue weighted by Gasteiger charge is -2.27. The number of hydrogen-bond donors (Lipinski definition) is 0. The van der Waals surface area contributed by atoms with E-state index in [1.54, 1.807) is 0 Å². The van der Waals surface area contributed by atoms with Gasteiger partial charge >= 0.3 is 0 Å². The van der Waals surface area contributed by atoms with Crippen molar-refractivity contribution in [3.8, 4) is 0 Å². The minimum absolute atomic E-state index is 0.0253. The van der Waals surface area contributed by atoms with Gasteiger partial charge in [-0.05, 0) is 31.6 Å². The smallest absolute Gasteiger partial charge is 0.223 e. The van der Waals surface area contributed by atoms with E-state index in [0.29, 0.717) is 5.92 Å². The molecule has 3 atom stereocenters. The summed E-state index contributed by atoms with van der Waals surface area (Å²) < 4.78 is 28.4. The van der Waals surface area contributed by atoms with Crippen molar-refractivity contribution in [2.24, 2.45) is 11.8 Å². The second-order valence-electron chi connectivity index (χ2n) is 6.57. The summed E-state index contributed by atoms with van der Waals surface area (Å²) in [5.74, 6) is 1.13. The Labute approximate surface area is 120 Å². The summed E-state index contributed by atoms with van der Waals surface area (Å²) in [5, 5.41) is 0. The second-order valence-corrected chi connectivity index (χ2v) is 8.83. The van der Waals surface area contributed by atoms with Crippen molar-refractivity contribution < 1.29 is 17.9 Å². The van der Waals surface area contributed by atoms with Gasteiger partial charge in [-0.2, -0.15) is 0 Å². The lowest BCUT2D eigenvalue weighted by molar-refractivity contribution is -0.133. The quantitative estimate of drug-likeness (QED) is 0.729. The first-order chi connectivity index (χ1) is 9.44. The van der Waals surface area contributed by atoms with Crippen LogP contribution >= 0.6 is 0 Å². The van der Waals surface area contributed by atoms with Gasteiger partial charge in [-0.25, -0.2) is 8.42 Å². The van der Waals surface area contributed by atoms with E-state index in [-0.39, 0.29) is 30.2 Å². The van der Waals surface area contributed by atoms with Gasteiger partial charge in [0.25, 0.3) is 0 Å². The number of fused-ring (bicyclic) bond motifs is 2. The first-order valence-electron chi connectivity index (χ1n) is 7.53. The lowest BCUT2D eigenvalue weighted by Crippen LogP contribution is -2.40. The highest BCUT2D eigenvalue weighted by Gasteiger charge is 2.49. The Bertz CT molecular complexity index is 485. The normalized spacial score (nSPS) is 32.9. The Morgan fingerprint density at radius 2 is 2.00 bits per heavy atom. The van der Waals surface area contributed by atoms with Crippen LogP contribution in [0.4, 0.5) is 0 Å². The average molecular weight is 301 g/mol. The molecule has 2 bridgehead atoms. The zero-order valence-electron chi connectivity index (χ0n) is 12.0. The summed E-state index contributed by atoms with van der Waals surface area (Å²) in [6.45, 7) is 1.59. The number of ether oxygens (including phenoxy) is 1. The Morgan fingerprint density at radius 1 is 1.25 bits per heavy atom. The van der Waals surface area contributed by atoms with Gasteiger partial charge in [-0.3, -0.25) is 4.79 Å². The fourth-order valence-corrected chi connectivity index (χ4v) is 3.97. The number of amides is 1. The van der Waals surface area contributed by atoms with E-state index in [1.165, 1.54) is 19.1 Å². The van der Waals surface area contributed by atoms with Gasteiger partial charge in [-0.15, -0.1) is 0 Å². The number of hydrogen-bond acceptors (Lipinski definition) is 4. The van der Waals surface area contributed by atoms with Crippen molar-refractivity contribution >= 4 is 15.7 Å². The first kappa shape index (κ1) is 14.3. The number of piperidine rings is 1. The zero-order chi connectivity index (χ0) is 14.3. The molecule has 0 aromatic rings. The standard InChI is InChI=1S/C14H23NO4S/c1-20(17,18)7-6-13(16)15-8-11-4-5-12(15)14(11)19-9-10-2-3-10/h10-12,14H,2-9H2,1H3. The molecule has 6 heteroatoms. The van der Waals surface area contributed by atoms with Crippen molar-refractivity contribution in [1.29, 1.82) is 0 Å². The summed E-state index contributed by atoms with van der Waals surface area (Å²) in [4.78, 5) is 14.1. The van der Waals surface area contributed by atoms with Crippen molar-refractivity contribution in [3.05, 3.63) is 0 Å². The Hall–Kier alpha value is -0.620. The fraction of sp³-hybridized carbons (Fsp3) is 0.929. The van der Waals surface area contributed by atoms with E-state index in [2.05, 4.69) is 0 Å². The molecular formula is C14H23NO4S. The fourth-order valence-electron chi connectivity index (χ4n) is 3.43. The summed E-state index contributed by atoms with van der Waals surface area (Å²) in [6.07, 6.45) is 6.17. The summed E-state index contributed by atoms with van der Waals surface area (Å²) in [6, 6.07) is 0.186. The maximum absolute atomic E-state index is 12.2. The van der Waals surface area contributed by atoms with E-state index in [4.69, 9.17) is 4.74 Å². The van der Waals surface area contributed by atoms with E-state index in [9.17, 15) is 13.2 Å². The summed E-state index contributed by atoms with van der Waals surface area (Å²) >= 11 is 0. The second kappa shape index (κ2) is 5.30. The van der Waals surface area contributed by atoms with Crippen LogP contribution in [-0.4, -0.2) is 56.5 Å². The largest absolute Gasteiger partial charge is 0.375 e. The minimum Gasteiger partial charge on any atom is -0.375 e. The highest BCUT2D eigenvalue weighted by molar-refractivity contribution is 7.90. The van der Waals surface area contributed by atoms with Crippen molar-refractivity contribution in [2.45, 2.75) is 44.2 Å². The van der Waals surface area contributed by atoms with Crippen LogP contribution in [0.15, 0.2) is 0 Å². The number of sulfone groups is 1. The number of likely N-dealkylation sites (tertiary alicyclic amines) is 1. The van der Waals surface area contributed by atoms with Crippen molar-refractivity contribution in [2.75, 3.05) is 25.2 Å². The van der Waals surface area contributed by atoms with Crippen LogP contribution < -0.4 is 0 Å². The van der Waals surface area contributed by atoms with Gasteiger partial charge < -0.3 is 9.64 Å². The predicted octanol–water partition coefficient (Wildman–Crippen LogP) is 0.837. The third-order valence-corrected chi connectivity index (χ3v) is 5.68. The third kappa shape index (κ3) is 3.17. The molecule has 0 spiro atoms. The molecule has 2 saturated carbocycles. The topological polar surface area (TPSA) is 63.7 Å². The van der Waals surface area contributed by atoms with Crippen LogP contribution in [0.3, 0.4) is 0 Å². The molecule has 0 N–H and O–H groups in total. The Morgan fingerprint density at radius 3 is 2.65 bits per heavy atom. The molecule has 3 aliphatic rings. The SMILES string of the molecule is CS(=O)(=O)CCC(=O)N1CC2CCC1C2OCC1CC1. The van der Waals surface area contributed by atoms with Crippen LogP contribution in [0.25, 0.3) is 0 Å². The van der Waals surface area contributed by atoms with Gasteiger partial charge in [0.15, 0.2) is 0 Å². The van der Waals surface area contributed by atoms with Crippen LogP contribution in [0, 0.1) is 11.8 Å². The van der Waals surface area contributed by atoms with E-state index >= 15 is 0 Å². The highest BCUT2D eigenvalue weighted by Crippen LogP contribution is 2.41. The maximum Gasteiger partial charge on any atom is 0.223 e. The molecule has 0 radical (unpaired) electrons. The van der Waals surface area contributed by atoms with E-state index in [0.717, 1.165) is 31.9 Å². The number of carbonyl (C=O) groups is 1. The van der Waals surface area contributed by atoms with Crippen LogP contribution in [0.2, 0.25) is 0 Å². The van der Waals surface area contributed by atoms with Gasteiger partial charge in [0.2, 0.25) is 5.91 Å². The minimum atomic E-state index is -3.07. The van der Waals surface area contributed by atoms with E-state index in [1.807, 2.05) is 4.90 Å². The zero-order valence-corrected chi connectivity index (χ0v) is 12.8. The molecule has 3 unspecified atom stereocenters. The predicted molar refractivity (Wildman–Crippen MR) is 75.0 cm³/mol. The van der Waals surface area contributed by atoms with Crippen LogP contribution in [-0.2, 0) is 19.4 Å². The molecule has 20 heavy (non-hydrogen) atoms.